The second-order valence-electron chi connectivity index (χ2n) is 2.89. The first-order valence-electron chi connectivity index (χ1n) is 4.02. The van der Waals surface area contributed by atoms with Gasteiger partial charge in [0.15, 0.2) is 0 Å². The molecular weight excluding hydrogens is 228 g/mol. The third-order valence-electron chi connectivity index (χ3n) is 1.70. The Morgan fingerprint density at radius 3 is 2.69 bits per heavy atom. The zero-order valence-electron chi connectivity index (χ0n) is 8.07. The Balaban J connectivity index is 0.00000144. The number of hydrogen-bond acceptors (Lipinski definition) is 1. The molecule has 0 aliphatic carbocycles. The summed E-state index contributed by atoms with van der Waals surface area (Å²) in [6.45, 7) is 4.57. The third-order valence-corrected chi connectivity index (χ3v) is 1.70. The van der Waals surface area contributed by atoms with E-state index in [1.807, 2.05) is 32.3 Å². The summed E-state index contributed by atoms with van der Waals surface area (Å²) in [6.07, 6.45) is 3.95. The summed E-state index contributed by atoms with van der Waals surface area (Å²) in [4.78, 5) is 2.09. The molecule has 1 rings (SSSR count). The summed E-state index contributed by atoms with van der Waals surface area (Å²) in [5, 5.41) is 0. The van der Waals surface area contributed by atoms with Crippen LogP contribution < -0.4 is 26.4 Å². The monoisotopic (exact) mass is 242 g/mol. The second-order valence-corrected chi connectivity index (χ2v) is 2.89. The highest BCUT2D eigenvalue weighted by atomic mass is 79.9. The number of allylic oxidation sites excluding steroid dienone is 1. The van der Waals surface area contributed by atoms with Gasteiger partial charge in [-0.2, -0.15) is 0 Å². The first kappa shape index (κ1) is 12.2. The van der Waals surface area contributed by atoms with E-state index in [1.54, 1.807) is 0 Å². The largest absolute Gasteiger partial charge is 1.00 e. The van der Waals surface area contributed by atoms with Crippen LogP contribution in [0.4, 0.5) is 5.82 Å². The van der Waals surface area contributed by atoms with E-state index in [0.29, 0.717) is 0 Å². The molecule has 0 aliphatic rings. The summed E-state index contributed by atoms with van der Waals surface area (Å²) in [5.41, 5.74) is 0. The molecule has 0 radical (unpaired) electrons. The van der Waals surface area contributed by atoms with Gasteiger partial charge in [-0.1, -0.05) is 18.7 Å². The molecule has 0 saturated carbocycles. The van der Waals surface area contributed by atoms with E-state index < -0.39 is 0 Å². The number of halogens is 1. The molecule has 0 unspecified atom stereocenters. The highest BCUT2D eigenvalue weighted by Gasteiger charge is 2.07. The summed E-state index contributed by atoms with van der Waals surface area (Å²) in [7, 11) is 4.07. The van der Waals surface area contributed by atoms with Crippen LogP contribution in [-0.4, -0.2) is 14.1 Å². The minimum Gasteiger partial charge on any atom is -1.00 e. The van der Waals surface area contributed by atoms with E-state index in [0.717, 1.165) is 6.54 Å². The minimum atomic E-state index is 0. The topological polar surface area (TPSA) is 7.12 Å². The standard InChI is InChI=1S/C10H15N2.BrH/c1-4-8-12-9-6-5-7-10(12)11(2)3;/h4-7,9H,1,8H2,2-3H3;1H/q+1;/p-1. The molecule has 3 heteroatoms. The Morgan fingerprint density at radius 1 is 1.46 bits per heavy atom. The Hall–Kier alpha value is -0.830. The van der Waals surface area contributed by atoms with Crippen LogP contribution in [0.1, 0.15) is 0 Å². The number of aromatic nitrogens is 1. The predicted molar refractivity (Wildman–Crippen MR) is 51.2 cm³/mol. The molecule has 1 aromatic rings. The van der Waals surface area contributed by atoms with Gasteiger partial charge in [0.05, 0.1) is 20.3 Å². The van der Waals surface area contributed by atoms with Gasteiger partial charge in [-0.15, -0.1) is 0 Å². The first-order chi connectivity index (χ1) is 5.75. The van der Waals surface area contributed by atoms with Crippen molar-refractivity contribution in [1.29, 1.82) is 0 Å². The molecular formula is C10H15BrN2. The van der Waals surface area contributed by atoms with Gasteiger partial charge in [-0.3, -0.25) is 4.90 Å². The lowest BCUT2D eigenvalue weighted by Gasteiger charge is -2.08. The summed E-state index contributed by atoms with van der Waals surface area (Å²) in [6, 6.07) is 6.15. The van der Waals surface area contributed by atoms with Crippen molar-refractivity contribution < 1.29 is 21.5 Å². The molecule has 1 aromatic heterocycles. The van der Waals surface area contributed by atoms with Gasteiger partial charge < -0.3 is 17.0 Å². The van der Waals surface area contributed by atoms with E-state index in [1.165, 1.54) is 5.82 Å². The van der Waals surface area contributed by atoms with Crippen molar-refractivity contribution in [3.63, 3.8) is 0 Å². The number of hydrogen-bond donors (Lipinski definition) is 0. The maximum absolute atomic E-state index is 3.72. The third kappa shape index (κ3) is 3.19. The van der Waals surface area contributed by atoms with Crippen LogP contribution >= 0.6 is 0 Å². The molecule has 0 bridgehead atoms. The highest BCUT2D eigenvalue weighted by Crippen LogP contribution is 2.01. The number of rotatable bonds is 3. The van der Waals surface area contributed by atoms with Crippen molar-refractivity contribution in [2.45, 2.75) is 6.54 Å². The van der Waals surface area contributed by atoms with Crippen LogP contribution in [0.15, 0.2) is 37.1 Å². The van der Waals surface area contributed by atoms with Crippen LogP contribution in [0.2, 0.25) is 0 Å². The average Bonchev–Trinajstić information content (AvgIpc) is 2.05. The van der Waals surface area contributed by atoms with Gasteiger partial charge in [0, 0.05) is 6.07 Å². The van der Waals surface area contributed by atoms with Crippen molar-refractivity contribution in [1.82, 2.24) is 0 Å². The molecule has 0 spiro atoms. The van der Waals surface area contributed by atoms with Crippen LogP contribution in [0.3, 0.4) is 0 Å². The average molecular weight is 243 g/mol. The minimum absolute atomic E-state index is 0. The number of pyridine rings is 1. The van der Waals surface area contributed by atoms with E-state index in [4.69, 9.17) is 0 Å². The maximum Gasteiger partial charge on any atom is 0.276 e. The molecule has 0 aromatic carbocycles. The SMILES string of the molecule is C=CC[n+]1ccccc1N(C)C.[Br-]. The predicted octanol–water partition coefficient (Wildman–Crippen LogP) is -1.77. The van der Waals surface area contributed by atoms with Crippen LogP contribution in [0, 0.1) is 0 Å². The molecule has 0 N–H and O–H groups in total. The van der Waals surface area contributed by atoms with Gasteiger partial charge in [0.1, 0.15) is 6.54 Å². The van der Waals surface area contributed by atoms with Crippen molar-refractivity contribution in [3.8, 4) is 0 Å². The Labute approximate surface area is 90.3 Å². The fraction of sp³-hybridized carbons (Fsp3) is 0.300. The van der Waals surface area contributed by atoms with E-state index in [9.17, 15) is 0 Å². The molecule has 0 fully saturated rings. The lowest BCUT2D eigenvalue weighted by Crippen LogP contribution is -3.00. The molecule has 2 nitrogen and oxygen atoms in total. The molecule has 0 saturated heterocycles. The molecule has 0 amide bonds. The van der Waals surface area contributed by atoms with Crippen LogP contribution in [0.25, 0.3) is 0 Å². The van der Waals surface area contributed by atoms with E-state index in [-0.39, 0.29) is 17.0 Å². The van der Waals surface area contributed by atoms with Gasteiger partial charge in [0.2, 0.25) is 0 Å². The molecule has 0 atom stereocenters. The van der Waals surface area contributed by atoms with Gasteiger partial charge in [-0.05, 0) is 6.07 Å². The normalized spacial score (nSPS) is 8.77. The summed E-state index contributed by atoms with van der Waals surface area (Å²) < 4.78 is 2.15. The number of nitrogens with zero attached hydrogens (tertiary/aromatic N) is 2. The first-order valence-corrected chi connectivity index (χ1v) is 4.02. The Kier molecular flexibility index (Phi) is 5.39. The molecule has 0 aliphatic heterocycles. The lowest BCUT2D eigenvalue weighted by atomic mass is 10.4. The molecule has 1 heterocycles. The Bertz CT molecular complexity index is 271. The van der Waals surface area contributed by atoms with Crippen LogP contribution in [-0.2, 0) is 6.54 Å². The van der Waals surface area contributed by atoms with Crippen molar-refractivity contribution in [2.24, 2.45) is 0 Å². The van der Waals surface area contributed by atoms with Crippen molar-refractivity contribution in [2.75, 3.05) is 19.0 Å². The maximum atomic E-state index is 3.72. The van der Waals surface area contributed by atoms with Crippen molar-refractivity contribution >= 4 is 5.82 Å². The Morgan fingerprint density at radius 2 is 2.15 bits per heavy atom. The fourth-order valence-electron chi connectivity index (χ4n) is 1.17. The fourth-order valence-corrected chi connectivity index (χ4v) is 1.17. The summed E-state index contributed by atoms with van der Waals surface area (Å²) >= 11 is 0. The zero-order chi connectivity index (χ0) is 8.97. The lowest BCUT2D eigenvalue weighted by molar-refractivity contribution is -0.674. The second kappa shape index (κ2) is 5.75. The van der Waals surface area contributed by atoms with Gasteiger partial charge in [-0.25, -0.2) is 4.57 Å². The quantitative estimate of drug-likeness (QED) is 0.450. The van der Waals surface area contributed by atoms with E-state index >= 15 is 0 Å². The van der Waals surface area contributed by atoms with Crippen LogP contribution in [0.5, 0.6) is 0 Å². The zero-order valence-corrected chi connectivity index (χ0v) is 9.66. The van der Waals surface area contributed by atoms with E-state index in [2.05, 4.69) is 28.3 Å². The van der Waals surface area contributed by atoms with Gasteiger partial charge in [0.25, 0.3) is 5.82 Å². The van der Waals surface area contributed by atoms with Gasteiger partial charge >= 0.3 is 0 Å². The molecule has 72 valence electrons. The van der Waals surface area contributed by atoms with Crippen molar-refractivity contribution in [3.05, 3.63) is 37.1 Å². The molecule has 13 heavy (non-hydrogen) atoms. The smallest absolute Gasteiger partial charge is 0.276 e. The summed E-state index contributed by atoms with van der Waals surface area (Å²) in [5.74, 6) is 1.19. The highest BCUT2D eigenvalue weighted by molar-refractivity contribution is 5.29. The number of anilines is 1.